The summed E-state index contributed by atoms with van der Waals surface area (Å²) in [5, 5.41) is 7.28. The van der Waals surface area contributed by atoms with Gasteiger partial charge in [-0.15, -0.1) is 0 Å². The van der Waals surface area contributed by atoms with Gasteiger partial charge in [0.15, 0.2) is 5.16 Å². The van der Waals surface area contributed by atoms with Crippen LogP contribution in [0.2, 0.25) is 0 Å². The molecule has 1 aromatic heterocycles. The zero-order chi connectivity index (χ0) is 15.3. The molecule has 0 fully saturated rings. The van der Waals surface area contributed by atoms with Crippen molar-refractivity contribution in [3.05, 3.63) is 6.07 Å². The van der Waals surface area contributed by atoms with Gasteiger partial charge in [-0.05, 0) is 12.7 Å². The first-order valence-electron chi connectivity index (χ1n) is 8.14. The third kappa shape index (κ3) is 8.15. The minimum atomic E-state index is 0.806. The molecule has 21 heavy (non-hydrogen) atoms. The van der Waals surface area contributed by atoms with Gasteiger partial charge in [-0.25, -0.2) is 9.97 Å². The van der Waals surface area contributed by atoms with Crippen LogP contribution >= 0.6 is 11.8 Å². The summed E-state index contributed by atoms with van der Waals surface area (Å²) < 4.78 is 0. The summed E-state index contributed by atoms with van der Waals surface area (Å²) in [6.45, 7) is 3.25. The smallest absolute Gasteiger partial charge is 0.191 e. The molecule has 120 valence electrons. The number of nitrogens with one attached hydrogen (secondary N) is 2. The quantitative estimate of drug-likeness (QED) is 0.330. The monoisotopic (exact) mass is 310 g/mol. The van der Waals surface area contributed by atoms with E-state index in [1.807, 2.05) is 19.4 Å². The van der Waals surface area contributed by atoms with Crippen LogP contribution in [-0.4, -0.2) is 29.8 Å². The van der Waals surface area contributed by atoms with Gasteiger partial charge in [-0.2, -0.15) is 0 Å². The van der Waals surface area contributed by atoms with Crippen molar-refractivity contribution < 1.29 is 0 Å². The molecule has 0 aliphatic carbocycles. The van der Waals surface area contributed by atoms with E-state index in [1.165, 1.54) is 51.4 Å². The molecule has 0 saturated heterocycles. The number of anilines is 2. The molecule has 0 saturated carbocycles. The van der Waals surface area contributed by atoms with Gasteiger partial charge in [0.05, 0.1) is 0 Å². The van der Waals surface area contributed by atoms with E-state index >= 15 is 0 Å². The Balaban J connectivity index is 2.15. The average Bonchev–Trinajstić information content (AvgIpc) is 2.52. The van der Waals surface area contributed by atoms with Gasteiger partial charge in [0.1, 0.15) is 11.6 Å². The normalized spacial score (nSPS) is 10.6. The molecule has 2 N–H and O–H groups in total. The maximum atomic E-state index is 4.47. The van der Waals surface area contributed by atoms with Crippen LogP contribution in [0.5, 0.6) is 0 Å². The first kappa shape index (κ1) is 18.1. The average molecular weight is 311 g/mol. The third-order valence-electron chi connectivity index (χ3n) is 3.48. The molecule has 0 aromatic carbocycles. The van der Waals surface area contributed by atoms with Gasteiger partial charge in [-0.3, -0.25) is 0 Å². The second-order valence-electron chi connectivity index (χ2n) is 5.28. The van der Waals surface area contributed by atoms with Crippen molar-refractivity contribution in [2.75, 3.05) is 30.5 Å². The van der Waals surface area contributed by atoms with Crippen LogP contribution in [-0.2, 0) is 0 Å². The molecule has 0 aliphatic heterocycles. The Morgan fingerprint density at radius 1 is 0.952 bits per heavy atom. The molecule has 4 nitrogen and oxygen atoms in total. The lowest BCUT2D eigenvalue weighted by Gasteiger charge is -2.08. The second-order valence-corrected chi connectivity index (χ2v) is 6.05. The minimum Gasteiger partial charge on any atom is -0.373 e. The van der Waals surface area contributed by atoms with E-state index in [0.717, 1.165) is 23.3 Å². The Hall–Kier alpha value is -0.970. The summed E-state index contributed by atoms with van der Waals surface area (Å²) in [5.74, 6) is 1.79. The van der Waals surface area contributed by atoms with Crippen molar-refractivity contribution >= 4 is 23.4 Å². The summed E-state index contributed by atoms with van der Waals surface area (Å²) in [4.78, 5) is 8.83. The van der Waals surface area contributed by atoms with Crippen LogP contribution in [0.1, 0.15) is 58.3 Å². The van der Waals surface area contributed by atoms with Crippen LogP contribution in [0.25, 0.3) is 0 Å². The van der Waals surface area contributed by atoms with E-state index in [1.54, 1.807) is 11.8 Å². The van der Waals surface area contributed by atoms with Gasteiger partial charge in [0.25, 0.3) is 0 Å². The van der Waals surface area contributed by atoms with Crippen LogP contribution < -0.4 is 10.6 Å². The Bertz CT molecular complexity index is 362. The maximum absolute atomic E-state index is 4.47. The number of hydrogen-bond donors (Lipinski definition) is 2. The van der Waals surface area contributed by atoms with Crippen molar-refractivity contribution in [2.45, 2.75) is 63.4 Å². The lowest BCUT2D eigenvalue weighted by molar-refractivity contribution is 0.581. The first-order valence-corrected chi connectivity index (χ1v) is 9.37. The maximum Gasteiger partial charge on any atom is 0.191 e. The second kappa shape index (κ2) is 11.7. The lowest BCUT2D eigenvalue weighted by Crippen LogP contribution is -2.06. The Labute approximate surface area is 133 Å². The highest BCUT2D eigenvalue weighted by atomic mass is 32.2. The fraction of sp³-hybridized carbons (Fsp3) is 0.750. The molecule has 0 unspecified atom stereocenters. The summed E-state index contributed by atoms with van der Waals surface area (Å²) in [7, 11) is 1.88. The fourth-order valence-corrected chi connectivity index (χ4v) is 2.59. The molecule has 5 heteroatoms. The van der Waals surface area contributed by atoms with Crippen molar-refractivity contribution in [2.24, 2.45) is 0 Å². The predicted molar refractivity (Wildman–Crippen MR) is 94.5 cm³/mol. The van der Waals surface area contributed by atoms with E-state index in [0.29, 0.717) is 0 Å². The number of hydrogen-bond acceptors (Lipinski definition) is 5. The summed E-state index contributed by atoms with van der Waals surface area (Å²) in [6, 6.07) is 1.96. The molecule has 0 amide bonds. The van der Waals surface area contributed by atoms with Crippen molar-refractivity contribution in [1.29, 1.82) is 0 Å². The van der Waals surface area contributed by atoms with Gasteiger partial charge in [0, 0.05) is 19.7 Å². The van der Waals surface area contributed by atoms with Crippen molar-refractivity contribution in [3.8, 4) is 0 Å². The van der Waals surface area contributed by atoms with Gasteiger partial charge in [-0.1, -0.05) is 63.6 Å². The standard InChI is InChI=1S/C16H30N4S/c1-4-5-6-7-8-9-10-11-12-18-15-13-14(17-2)19-16(20-15)21-3/h13H,4-12H2,1-3H3,(H2,17,18,19,20). The summed E-state index contributed by atoms with van der Waals surface area (Å²) >= 11 is 1.57. The van der Waals surface area contributed by atoms with E-state index in [2.05, 4.69) is 27.5 Å². The highest BCUT2D eigenvalue weighted by Crippen LogP contribution is 2.17. The van der Waals surface area contributed by atoms with Crippen molar-refractivity contribution in [1.82, 2.24) is 9.97 Å². The molecule has 0 atom stereocenters. The number of rotatable bonds is 12. The Kier molecular flexibility index (Phi) is 10.0. The molecular formula is C16H30N4S. The summed E-state index contributed by atoms with van der Waals surface area (Å²) in [5.41, 5.74) is 0. The highest BCUT2D eigenvalue weighted by molar-refractivity contribution is 7.98. The first-order chi connectivity index (χ1) is 10.3. The van der Waals surface area contributed by atoms with Crippen molar-refractivity contribution in [3.63, 3.8) is 0 Å². The number of aromatic nitrogens is 2. The molecule has 1 aromatic rings. The molecule has 0 spiro atoms. The van der Waals surface area contributed by atoms with Gasteiger partial charge in [0.2, 0.25) is 0 Å². The topological polar surface area (TPSA) is 49.8 Å². The number of thioether (sulfide) groups is 1. The zero-order valence-corrected chi connectivity index (χ0v) is 14.6. The van der Waals surface area contributed by atoms with Gasteiger partial charge < -0.3 is 10.6 Å². The molecular weight excluding hydrogens is 280 g/mol. The SMILES string of the molecule is CCCCCCCCCCNc1cc(NC)nc(SC)n1. The fourth-order valence-electron chi connectivity index (χ4n) is 2.21. The summed E-state index contributed by atoms with van der Waals surface area (Å²) in [6.07, 6.45) is 12.8. The Morgan fingerprint density at radius 3 is 2.19 bits per heavy atom. The largest absolute Gasteiger partial charge is 0.373 e. The molecule has 0 radical (unpaired) electrons. The lowest BCUT2D eigenvalue weighted by atomic mass is 10.1. The van der Waals surface area contributed by atoms with Crippen LogP contribution in [0.4, 0.5) is 11.6 Å². The molecule has 1 heterocycles. The van der Waals surface area contributed by atoms with Gasteiger partial charge >= 0.3 is 0 Å². The van der Waals surface area contributed by atoms with Crippen LogP contribution in [0.3, 0.4) is 0 Å². The minimum absolute atomic E-state index is 0.806. The molecule has 1 rings (SSSR count). The van der Waals surface area contributed by atoms with E-state index < -0.39 is 0 Å². The third-order valence-corrected chi connectivity index (χ3v) is 4.03. The number of unbranched alkanes of at least 4 members (excludes halogenated alkanes) is 7. The van der Waals surface area contributed by atoms with E-state index in [4.69, 9.17) is 0 Å². The van der Waals surface area contributed by atoms with Crippen LogP contribution in [0.15, 0.2) is 11.2 Å². The predicted octanol–water partition coefficient (Wildman–Crippen LogP) is 4.79. The molecule has 0 bridgehead atoms. The van der Waals surface area contributed by atoms with E-state index in [9.17, 15) is 0 Å². The van der Waals surface area contributed by atoms with Crippen LogP contribution in [0, 0.1) is 0 Å². The van der Waals surface area contributed by atoms with E-state index in [-0.39, 0.29) is 0 Å². The zero-order valence-electron chi connectivity index (χ0n) is 13.7. The number of nitrogens with zero attached hydrogens (tertiary/aromatic N) is 2. The highest BCUT2D eigenvalue weighted by Gasteiger charge is 2.02. The molecule has 0 aliphatic rings. The Morgan fingerprint density at radius 2 is 1.57 bits per heavy atom.